The number of amides is 1. The van der Waals surface area contributed by atoms with Crippen LogP contribution in [0.5, 0.6) is 0 Å². The molecule has 1 amide bonds. The van der Waals surface area contributed by atoms with E-state index in [-0.39, 0.29) is 12.1 Å². The Morgan fingerprint density at radius 2 is 1.96 bits per heavy atom. The van der Waals surface area contributed by atoms with Crippen LogP contribution in [0.3, 0.4) is 0 Å². The lowest BCUT2D eigenvalue weighted by atomic mass is 9.93. The average Bonchev–Trinajstić information content (AvgIpc) is 2.68. The van der Waals surface area contributed by atoms with Gasteiger partial charge in [0.05, 0.1) is 25.1 Å². The maximum atomic E-state index is 12.3. The van der Waals surface area contributed by atoms with Crippen molar-refractivity contribution in [1.29, 1.82) is 0 Å². The Bertz CT molecular complexity index is 918. The Labute approximate surface area is 165 Å². The van der Waals surface area contributed by atoms with Crippen molar-refractivity contribution in [2.24, 2.45) is 0 Å². The second kappa shape index (κ2) is 8.70. The van der Waals surface area contributed by atoms with Gasteiger partial charge in [-0.05, 0) is 25.0 Å². The van der Waals surface area contributed by atoms with Gasteiger partial charge in [-0.15, -0.1) is 0 Å². The number of methoxy groups -OCH3 is 1. The van der Waals surface area contributed by atoms with Crippen LogP contribution in [-0.4, -0.2) is 56.4 Å². The lowest BCUT2D eigenvalue weighted by molar-refractivity contribution is 0.0789. The molecule has 1 N–H and O–H groups in total. The lowest BCUT2D eigenvalue weighted by Gasteiger charge is -2.40. The largest absolute Gasteiger partial charge is 0.453 e. The molecule has 150 valence electrons. The van der Waals surface area contributed by atoms with Crippen LogP contribution >= 0.6 is 0 Å². The fourth-order valence-corrected chi connectivity index (χ4v) is 4.47. The van der Waals surface area contributed by atoms with Gasteiger partial charge < -0.3 is 9.64 Å². The monoisotopic (exact) mass is 403 g/mol. The summed E-state index contributed by atoms with van der Waals surface area (Å²) in [7, 11) is -2.07. The molecule has 2 aromatic rings. The highest BCUT2D eigenvalue weighted by molar-refractivity contribution is 7.88. The lowest BCUT2D eigenvalue weighted by Crippen LogP contribution is -2.57. The predicted octanol–water partition coefficient (Wildman–Crippen LogP) is 2.44. The number of likely N-dealkylation sites (tertiary alicyclic amines) is 1. The van der Waals surface area contributed by atoms with Crippen LogP contribution in [0.15, 0.2) is 48.5 Å². The number of aromatic nitrogens is 1. The second-order valence-corrected chi connectivity index (χ2v) is 8.73. The second-order valence-electron chi connectivity index (χ2n) is 6.95. The van der Waals surface area contributed by atoms with Gasteiger partial charge in [-0.3, -0.25) is 4.98 Å². The Balaban J connectivity index is 1.89. The Hall–Kier alpha value is -2.45. The highest BCUT2D eigenvalue weighted by Gasteiger charge is 2.36. The zero-order chi connectivity index (χ0) is 20.1. The molecular weight excluding hydrogens is 378 g/mol. The molecule has 0 saturated carbocycles. The van der Waals surface area contributed by atoms with Crippen LogP contribution in [0.2, 0.25) is 0 Å². The number of nitrogens with zero attached hydrogens (tertiary/aromatic N) is 2. The molecule has 8 heteroatoms. The van der Waals surface area contributed by atoms with Crippen molar-refractivity contribution in [3.8, 4) is 11.3 Å². The standard InChI is InChI=1S/C20H25N3O4S/c1-27-20(24)23-13-7-12-18(22-28(2,25)26)19(23)14-16-10-6-11-17(21-16)15-8-4-3-5-9-15/h3-6,8-11,18-19,22H,7,12-14H2,1-2H3. The van der Waals surface area contributed by atoms with Gasteiger partial charge in [-0.1, -0.05) is 36.4 Å². The molecule has 2 atom stereocenters. The SMILES string of the molecule is COC(=O)N1CCCC(NS(C)(=O)=O)C1Cc1cccc(-c2ccccc2)n1. The van der Waals surface area contributed by atoms with Gasteiger partial charge >= 0.3 is 6.09 Å². The molecule has 2 unspecified atom stereocenters. The number of rotatable bonds is 5. The van der Waals surface area contributed by atoms with Crippen molar-refractivity contribution >= 4 is 16.1 Å². The van der Waals surface area contributed by atoms with Crippen molar-refractivity contribution in [3.63, 3.8) is 0 Å². The molecule has 28 heavy (non-hydrogen) atoms. The fraction of sp³-hybridized carbons (Fsp3) is 0.400. The molecule has 7 nitrogen and oxygen atoms in total. The first-order chi connectivity index (χ1) is 13.4. The number of nitrogens with one attached hydrogen (secondary N) is 1. The summed E-state index contributed by atoms with van der Waals surface area (Å²) in [6.45, 7) is 0.525. The number of piperidine rings is 1. The molecule has 2 heterocycles. The van der Waals surface area contributed by atoms with E-state index in [4.69, 9.17) is 9.72 Å². The van der Waals surface area contributed by atoms with Gasteiger partial charge in [0.1, 0.15) is 0 Å². The third-order valence-corrected chi connectivity index (χ3v) is 5.58. The molecule has 0 radical (unpaired) electrons. The zero-order valence-electron chi connectivity index (χ0n) is 16.0. The van der Waals surface area contributed by atoms with Crippen LogP contribution in [0.1, 0.15) is 18.5 Å². The van der Waals surface area contributed by atoms with Crippen molar-refractivity contribution in [2.45, 2.75) is 31.3 Å². The molecule has 1 aromatic heterocycles. The summed E-state index contributed by atoms with van der Waals surface area (Å²) in [6, 6.07) is 14.8. The number of carbonyl (C=O) groups is 1. The number of hydrogen-bond acceptors (Lipinski definition) is 5. The highest BCUT2D eigenvalue weighted by Crippen LogP contribution is 2.24. The van der Waals surface area contributed by atoms with Gasteiger partial charge in [0.25, 0.3) is 0 Å². The van der Waals surface area contributed by atoms with Gasteiger partial charge in [0.15, 0.2) is 0 Å². The van der Waals surface area contributed by atoms with E-state index in [1.165, 1.54) is 7.11 Å². The van der Waals surface area contributed by atoms with Crippen molar-refractivity contribution in [3.05, 3.63) is 54.2 Å². The van der Waals surface area contributed by atoms with Crippen LogP contribution in [0, 0.1) is 0 Å². The van der Waals surface area contributed by atoms with E-state index < -0.39 is 16.1 Å². The van der Waals surface area contributed by atoms with E-state index in [1.807, 2.05) is 48.5 Å². The highest BCUT2D eigenvalue weighted by atomic mass is 32.2. The van der Waals surface area contributed by atoms with E-state index in [0.29, 0.717) is 25.8 Å². The number of pyridine rings is 1. The summed E-state index contributed by atoms with van der Waals surface area (Å²) in [4.78, 5) is 18.6. The Kier molecular flexibility index (Phi) is 6.31. The zero-order valence-corrected chi connectivity index (χ0v) is 16.9. The van der Waals surface area contributed by atoms with Crippen LogP contribution < -0.4 is 4.72 Å². The number of benzene rings is 1. The van der Waals surface area contributed by atoms with Gasteiger partial charge in [-0.25, -0.2) is 17.9 Å². The smallest absolute Gasteiger partial charge is 0.409 e. The first-order valence-corrected chi connectivity index (χ1v) is 11.1. The molecule has 0 aliphatic carbocycles. The molecule has 1 aliphatic rings. The summed E-state index contributed by atoms with van der Waals surface area (Å²) in [5.41, 5.74) is 2.64. The molecule has 1 aliphatic heterocycles. The maximum Gasteiger partial charge on any atom is 0.409 e. The molecule has 3 rings (SSSR count). The number of sulfonamides is 1. The van der Waals surface area contributed by atoms with Crippen LogP contribution in [0.25, 0.3) is 11.3 Å². The van der Waals surface area contributed by atoms with E-state index in [0.717, 1.165) is 23.2 Å². The van der Waals surface area contributed by atoms with Crippen molar-refractivity contribution in [2.75, 3.05) is 19.9 Å². The average molecular weight is 404 g/mol. The predicted molar refractivity (Wildman–Crippen MR) is 107 cm³/mol. The molecule has 1 saturated heterocycles. The summed E-state index contributed by atoms with van der Waals surface area (Å²) < 4.78 is 31.2. The van der Waals surface area contributed by atoms with Crippen molar-refractivity contribution < 1.29 is 17.9 Å². The minimum absolute atomic E-state index is 0.366. The Morgan fingerprint density at radius 3 is 2.64 bits per heavy atom. The summed E-state index contributed by atoms with van der Waals surface area (Å²) in [6.07, 6.45) is 2.47. The summed E-state index contributed by atoms with van der Waals surface area (Å²) >= 11 is 0. The normalized spacial score (nSPS) is 20.0. The topological polar surface area (TPSA) is 88.6 Å². The van der Waals surface area contributed by atoms with Crippen LogP contribution in [0.4, 0.5) is 4.79 Å². The van der Waals surface area contributed by atoms with Gasteiger partial charge in [0, 0.05) is 30.3 Å². The quantitative estimate of drug-likeness (QED) is 0.828. The van der Waals surface area contributed by atoms with E-state index in [2.05, 4.69) is 4.72 Å². The number of ether oxygens (including phenoxy) is 1. The third kappa shape index (κ3) is 5.08. The molecule has 0 bridgehead atoms. The first kappa shape index (κ1) is 20.3. The summed E-state index contributed by atoms with van der Waals surface area (Å²) in [5, 5.41) is 0. The van der Waals surface area contributed by atoms with Crippen LogP contribution in [-0.2, 0) is 21.2 Å². The Morgan fingerprint density at radius 1 is 1.21 bits per heavy atom. The minimum Gasteiger partial charge on any atom is -0.453 e. The number of hydrogen-bond donors (Lipinski definition) is 1. The summed E-state index contributed by atoms with van der Waals surface area (Å²) in [5.74, 6) is 0. The van der Waals surface area contributed by atoms with Crippen molar-refractivity contribution in [1.82, 2.24) is 14.6 Å². The van der Waals surface area contributed by atoms with E-state index in [9.17, 15) is 13.2 Å². The first-order valence-electron chi connectivity index (χ1n) is 9.20. The van der Waals surface area contributed by atoms with E-state index in [1.54, 1.807) is 4.90 Å². The van der Waals surface area contributed by atoms with Gasteiger partial charge in [0.2, 0.25) is 10.0 Å². The third-order valence-electron chi connectivity index (χ3n) is 4.85. The van der Waals surface area contributed by atoms with E-state index >= 15 is 0 Å². The van der Waals surface area contributed by atoms with Gasteiger partial charge in [-0.2, -0.15) is 0 Å². The minimum atomic E-state index is -3.41. The molecule has 1 fully saturated rings. The molecular formula is C20H25N3O4S. The molecule has 1 aromatic carbocycles. The fourth-order valence-electron chi connectivity index (χ4n) is 3.64. The number of carbonyl (C=O) groups excluding carboxylic acids is 1. The molecule has 0 spiro atoms. The maximum absolute atomic E-state index is 12.3.